The minimum atomic E-state index is -0.236. The van der Waals surface area contributed by atoms with Gasteiger partial charge in [0, 0.05) is 15.5 Å². The zero-order chi connectivity index (χ0) is 15.0. The Kier molecular flexibility index (Phi) is 3.61. The highest BCUT2D eigenvalue weighted by Gasteiger charge is 2.11. The summed E-state index contributed by atoms with van der Waals surface area (Å²) in [7, 11) is 0. The van der Waals surface area contributed by atoms with E-state index in [1.807, 2.05) is 12.1 Å². The van der Waals surface area contributed by atoms with E-state index < -0.39 is 0 Å². The molecule has 0 radical (unpaired) electrons. The molecule has 3 rings (SSSR count). The van der Waals surface area contributed by atoms with Gasteiger partial charge in [0.05, 0.1) is 16.2 Å². The molecule has 0 saturated heterocycles. The second-order valence-electron chi connectivity index (χ2n) is 4.58. The molecule has 0 aliphatic carbocycles. The number of nitrogens with one attached hydrogen (secondary N) is 2. The molecular formula is C15H11BrClN3O. The first kappa shape index (κ1) is 14.0. The molecule has 0 aliphatic heterocycles. The van der Waals surface area contributed by atoms with Crippen LogP contribution in [0, 0.1) is 0 Å². The Bertz CT molecular complexity index is 844. The molecule has 21 heavy (non-hydrogen) atoms. The fourth-order valence-electron chi connectivity index (χ4n) is 2.07. The van der Waals surface area contributed by atoms with Crippen LogP contribution in [0.1, 0.15) is 10.5 Å². The number of nitrogen functional groups attached to an aromatic ring is 1. The summed E-state index contributed by atoms with van der Waals surface area (Å²) in [5, 5.41) is 4.30. The van der Waals surface area contributed by atoms with Crippen molar-refractivity contribution in [2.24, 2.45) is 0 Å². The first-order valence-corrected chi connectivity index (χ1v) is 7.35. The number of hydrogen-bond donors (Lipinski definition) is 3. The van der Waals surface area contributed by atoms with Crippen LogP contribution in [-0.4, -0.2) is 10.9 Å². The summed E-state index contributed by atoms with van der Waals surface area (Å²) in [6, 6.07) is 12.5. The third-order valence-corrected chi connectivity index (χ3v) is 4.32. The van der Waals surface area contributed by atoms with Crippen LogP contribution in [0.15, 0.2) is 46.9 Å². The molecule has 1 amide bonds. The number of anilines is 2. The number of amides is 1. The molecule has 6 heteroatoms. The van der Waals surface area contributed by atoms with Crippen molar-refractivity contribution >= 4 is 55.7 Å². The van der Waals surface area contributed by atoms with Crippen molar-refractivity contribution in [3.8, 4) is 0 Å². The second-order valence-corrected chi connectivity index (χ2v) is 5.84. The Labute approximate surface area is 134 Å². The first-order valence-electron chi connectivity index (χ1n) is 6.18. The molecule has 3 aromatic rings. The van der Waals surface area contributed by atoms with Gasteiger partial charge in [-0.25, -0.2) is 0 Å². The van der Waals surface area contributed by atoms with Gasteiger partial charge in [0.25, 0.3) is 5.91 Å². The number of rotatable bonds is 2. The molecule has 0 fully saturated rings. The molecule has 4 N–H and O–H groups in total. The zero-order valence-corrected chi connectivity index (χ0v) is 13.1. The minimum Gasteiger partial charge on any atom is -0.397 e. The molecule has 0 spiro atoms. The van der Waals surface area contributed by atoms with Gasteiger partial charge in [0.2, 0.25) is 0 Å². The molecule has 0 atom stereocenters. The predicted molar refractivity (Wildman–Crippen MR) is 89.8 cm³/mol. The zero-order valence-electron chi connectivity index (χ0n) is 10.8. The van der Waals surface area contributed by atoms with Crippen molar-refractivity contribution in [2.75, 3.05) is 11.1 Å². The van der Waals surface area contributed by atoms with Crippen molar-refractivity contribution in [1.82, 2.24) is 4.98 Å². The van der Waals surface area contributed by atoms with Crippen LogP contribution in [0.3, 0.4) is 0 Å². The summed E-state index contributed by atoms with van der Waals surface area (Å²) >= 11 is 9.25. The standard InChI is InChI=1S/C15H11BrClN3O/c16-10-7-9(4-5-11(10)17)19-15(21)13-6-8-2-1-3-12(18)14(8)20-13/h1-7,20H,18H2,(H,19,21). The van der Waals surface area contributed by atoms with E-state index in [-0.39, 0.29) is 5.91 Å². The lowest BCUT2D eigenvalue weighted by Gasteiger charge is -2.05. The quantitative estimate of drug-likeness (QED) is 0.589. The minimum absolute atomic E-state index is 0.236. The number of H-pyrrole nitrogens is 1. The summed E-state index contributed by atoms with van der Waals surface area (Å²) in [6.45, 7) is 0. The van der Waals surface area contributed by atoms with Gasteiger partial charge in [0.1, 0.15) is 5.69 Å². The van der Waals surface area contributed by atoms with E-state index in [4.69, 9.17) is 17.3 Å². The number of aromatic amines is 1. The number of aromatic nitrogens is 1. The highest BCUT2D eigenvalue weighted by atomic mass is 79.9. The predicted octanol–water partition coefficient (Wildman–Crippen LogP) is 4.42. The van der Waals surface area contributed by atoms with Gasteiger partial charge in [-0.2, -0.15) is 0 Å². The van der Waals surface area contributed by atoms with Crippen molar-refractivity contribution < 1.29 is 4.79 Å². The van der Waals surface area contributed by atoms with Crippen LogP contribution in [-0.2, 0) is 0 Å². The Hall–Kier alpha value is -1.98. The molecule has 4 nitrogen and oxygen atoms in total. The van der Waals surface area contributed by atoms with E-state index in [0.29, 0.717) is 22.1 Å². The molecule has 1 aromatic heterocycles. The lowest BCUT2D eigenvalue weighted by molar-refractivity contribution is 0.102. The second kappa shape index (κ2) is 5.42. The average molecular weight is 365 g/mol. The lowest BCUT2D eigenvalue weighted by Crippen LogP contribution is -2.12. The SMILES string of the molecule is Nc1cccc2cc(C(=O)Nc3ccc(Cl)c(Br)c3)[nH]c12. The Balaban J connectivity index is 1.90. The number of fused-ring (bicyclic) bond motifs is 1. The summed E-state index contributed by atoms with van der Waals surface area (Å²) in [4.78, 5) is 15.3. The number of para-hydroxylation sites is 1. The van der Waals surface area contributed by atoms with E-state index in [1.54, 1.807) is 30.3 Å². The van der Waals surface area contributed by atoms with Crippen molar-refractivity contribution in [3.05, 3.63) is 57.7 Å². The van der Waals surface area contributed by atoms with Crippen molar-refractivity contribution in [1.29, 1.82) is 0 Å². The summed E-state index contributed by atoms with van der Waals surface area (Å²) in [6.07, 6.45) is 0. The maximum Gasteiger partial charge on any atom is 0.272 e. The van der Waals surface area contributed by atoms with Gasteiger partial charge in [-0.3, -0.25) is 4.79 Å². The fraction of sp³-hybridized carbons (Fsp3) is 0. The van der Waals surface area contributed by atoms with E-state index in [9.17, 15) is 4.79 Å². The normalized spacial score (nSPS) is 10.8. The van der Waals surface area contributed by atoms with Crippen LogP contribution in [0.4, 0.5) is 11.4 Å². The van der Waals surface area contributed by atoms with E-state index in [0.717, 1.165) is 15.4 Å². The number of hydrogen-bond acceptors (Lipinski definition) is 2. The highest BCUT2D eigenvalue weighted by molar-refractivity contribution is 9.10. The number of carbonyl (C=O) groups excluding carboxylic acids is 1. The van der Waals surface area contributed by atoms with Crippen LogP contribution in [0.2, 0.25) is 5.02 Å². The van der Waals surface area contributed by atoms with Crippen molar-refractivity contribution in [2.45, 2.75) is 0 Å². The molecule has 106 valence electrons. The van der Waals surface area contributed by atoms with Crippen LogP contribution < -0.4 is 11.1 Å². The third kappa shape index (κ3) is 2.75. The number of carbonyl (C=O) groups is 1. The maximum absolute atomic E-state index is 12.3. The van der Waals surface area contributed by atoms with Crippen LogP contribution in [0.5, 0.6) is 0 Å². The molecule has 0 bridgehead atoms. The molecule has 0 unspecified atom stereocenters. The Morgan fingerprint density at radius 1 is 1.24 bits per heavy atom. The Morgan fingerprint density at radius 2 is 2.05 bits per heavy atom. The highest BCUT2D eigenvalue weighted by Crippen LogP contribution is 2.26. The third-order valence-electron chi connectivity index (χ3n) is 3.11. The van der Waals surface area contributed by atoms with Crippen LogP contribution >= 0.6 is 27.5 Å². The summed E-state index contributed by atoms with van der Waals surface area (Å²) < 4.78 is 0.725. The van der Waals surface area contributed by atoms with Gasteiger partial charge in [-0.1, -0.05) is 23.7 Å². The van der Waals surface area contributed by atoms with Crippen LogP contribution in [0.25, 0.3) is 10.9 Å². The van der Waals surface area contributed by atoms with Gasteiger partial charge < -0.3 is 16.0 Å². The molecule has 0 saturated carbocycles. The van der Waals surface area contributed by atoms with Gasteiger partial charge >= 0.3 is 0 Å². The van der Waals surface area contributed by atoms with Gasteiger partial charge in [-0.15, -0.1) is 0 Å². The number of benzene rings is 2. The van der Waals surface area contributed by atoms with Gasteiger partial charge in [0.15, 0.2) is 0 Å². The number of halogens is 2. The molecule has 0 aliphatic rings. The molecule has 1 heterocycles. The Morgan fingerprint density at radius 3 is 2.76 bits per heavy atom. The fourth-order valence-corrected chi connectivity index (χ4v) is 2.57. The maximum atomic E-state index is 12.3. The van der Waals surface area contributed by atoms with E-state index in [1.165, 1.54) is 0 Å². The smallest absolute Gasteiger partial charge is 0.272 e. The van der Waals surface area contributed by atoms with E-state index >= 15 is 0 Å². The summed E-state index contributed by atoms with van der Waals surface area (Å²) in [5.74, 6) is -0.236. The van der Waals surface area contributed by atoms with Gasteiger partial charge in [-0.05, 0) is 46.3 Å². The molecular weight excluding hydrogens is 354 g/mol. The lowest BCUT2D eigenvalue weighted by atomic mass is 10.2. The average Bonchev–Trinajstić information content (AvgIpc) is 2.89. The van der Waals surface area contributed by atoms with Crippen molar-refractivity contribution in [3.63, 3.8) is 0 Å². The summed E-state index contributed by atoms with van der Waals surface area (Å²) in [5.41, 5.74) is 8.36. The first-order chi connectivity index (χ1) is 10.0. The van der Waals surface area contributed by atoms with E-state index in [2.05, 4.69) is 26.2 Å². The molecule has 2 aromatic carbocycles. The number of nitrogens with two attached hydrogens (primary N) is 1. The largest absolute Gasteiger partial charge is 0.397 e. The monoisotopic (exact) mass is 363 g/mol. The topological polar surface area (TPSA) is 70.9 Å².